The molecule has 1 aromatic rings. The van der Waals surface area contributed by atoms with E-state index in [-0.39, 0.29) is 16.9 Å². The number of nitrogens with one attached hydrogen (secondary N) is 1. The molecule has 2 fully saturated rings. The molecule has 3 rings (SSSR count). The van der Waals surface area contributed by atoms with Crippen LogP contribution in [0.25, 0.3) is 0 Å². The third-order valence-electron chi connectivity index (χ3n) is 5.06. The van der Waals surface area contributed by atoms with Gasteiger partial charge in [-0.2, -0.15) is 0 Å². The highest BCUT2D eigenvalue weighted by atomic mass is 16.2. The van der Waals surface area contributed by atoms with Crippen molar-refractivity contribution >= 4 is 5.91 Å². The van der Waals surface area contributed by atoms with E-state index in [1.807, 2.05) is 11.8 Å². The van der Waals surface area contributed by atoms with Crippen molar-refractivity contribution in [3.63, 3.8) is 0 Å². The minimum atomic E-state index is -0.174. The highest BCUT2D eigenvalue weighted by Crippen LogP contribution is 2.46. The molecule has 0 aromatic carbocycles. The average Bonchev–Trinajstić information content (AvgIpc) is 2.87. The Kier molecular flexibility index (Phi) is 3.40. The lowest BCUT2D eigenvalue weighted by Gasteiger charge is -2.39. The summed E-state index contributed by atoms with van der Waals surface area (Å²) in [5.74, 6) is -0.112. The number of aryl methyl sites for hydroxylation is 1. The number of nitrogens with zero attached hydrogens (tertiary/aromatic N) is 1. The zero-order chi connectivity index (χ0) is 14.2. The highest BCUT2D eigenvalue weighted by Gasteiger charge is 2.38. The van der Waals surface area contributed by atoms with Gasteiger partial charge >= 0.3 is 0 Å². The largest absolute Gasteiger partial charge is 0.364 e. The van der Waals surface area contributed by atoms with Gasteiger partial charge in [-0.1, -0.05) is 12.8 Å². The molecule has 2 aliphatic rings. The van der Waals surface area contributed by atoms with Crippen molar-refractivity contribution in [1.29, 1.82) is 0 Å². The molecule has 2 heterocycles. The van der Waals surface area contributed by atoms with Crippen LogP contribution in [-0.2, 0) is 0 Å². The zero-order valence-corrected chi connectivity index (χ0v) is 12.1. The normalized spacial score (nSPS) is 21.4. The summed E-state index contributed by atoms with van der Waals surface area (Å²) in [5, 5.41) is 0. The lowest BCUT2D eigenvalue weighted by Crippen LogP contribution is -2.43. The van der Waals surface area contributed by atoms with Gasteiger partial charge in [-0.15, -0.1) is 0 Å². The van der Waals surface area contributed by atoms with Gasteiger partial charge in [-0.25, -0.2) is 0 Å². The van der Waals surface area contributed by atoms with Crippen LogP contribution in [0.5, 0.6) is 0 Å². The Morgan fingerprint density at radius 1 is 1.20 bits per heavy atom. The molecule has 108 valence electrons. The van der Waals surface area contributed by atoms with Crippen molar-refractivity contribution in [3.8, 4) is 0 Å². The van der Waals surface area contributed by atoms with Crippen LogP contribution in [0.1, 0.15) is 54.6 Å². The second kappa shape index (κ2) is 5.08. The monoisotopic (exact) mass is 274 g/mol. The Morgan fingerprint density at radius 2 is 1.85 bits per heavy atom. The number of hydrogen-bond donors (Lipinski definition) is 1. The van der Waals surface area contributed by atoms with Crippen molar-refractivity contribution in [3.05, 3.63) is 33.7 Å². The predicted octanol–water partition coefficient (Wildman–Crippen LogP) is 2.48. The molecule has 0 unspecified atom stereocenters. The first-order valence-corrected chi connectivity index (χ1v) is 7.58. The van der Waals surface area contributed by atoms with Crippen LogP contribution in [0.2, 0.25) is 0 Å². The standard InChI is InChI=1S/C16H22N2O2/c1-12-10-14(19)13(11-17-12)15(20)18-8-6-16(7-9-18)4-2-3-5-16/h10-11H,2-9H2,1H3,(H,17,19). The lowest BCUT2D eigenvalue weighted by atomic mass is 9.77. The number of piperidine rings is 1. The summed E-state index contributed by atoms with van der Waals surface area (Å²) in [6.45, 7) is 3.42. The van der Waals surface area contributed by atoms with Crippen LogP contribution >= 0.6 is 0 Å². The summed E-state index contributed by atoms with van der Waals surface area (Å²) in [6.07, 6.45) is 9.07. The van der Waals surface area contributed by atoms with E-state index < -0.39 is 0 Å². The van der Waals surface area contributed by atoms with Crippen molar-refractivity contribution in [2.24, 2.45) is 5.41 Å². The molecule has 0 atom stereocenters. The third-order valence-corrected chi connectivity index (χ3v) is 5.06. The number of carbonyl (C=O) groups is 1. The van der Waals surface area contributed by atoms with E-state index >= 15 is 0 Å². The van der Waals surface area contributed by atoms with Crippen molar-refractivity contribution in [1.82, 2.24) is 9.88 Å². The molecule has 0 bridgehead atoms. The van der Waals surface area contributed by atoms with Gasteiger partial charge < -0.3 is 9.88 Å². The fourth-order valence-electron chi connectivity index (χ4n) is 3.72. The number of carbonyl (C=O) groups excluding carboxylic acids is 1. The molecule has 1 aliphatic heterocycles. The van der Waals surface area contributed by atoms with Crippen molar-refractivity contribution in [2.75, 3.05) is 13.1 Å². The molecule has 1 saturated carbocycles. The summed E-state index contributed by atoms with van der Waals surface area (Å²) in [5.41, 5.74) is 1.39. The molecule has 1 N–H and O–H groups in total. The van der Waals surface area contributed by atoms with Crippen molar-refractivity contribution in [2.45, 2.75) is 45.4 Å². The summed E-state index contributed by atoms with van der Waals surface area (Å²) in [4.78, 5) is 29.2. The van der Waals surface area contributed by atoms with Crippen LogP contribution < -0.4 is 5.43 Å². The van der Waals surface area contributed by atoms with Crippen LogP contribution in [-0.4, -0.2) is 28.9 Å². The third kappa shape index (κ3) is 2.39. The minimum Gasteiger partial charge on any atom is -0.364 e. The number of rotatable bonds is 1. The van der Waals surface area contributed by atoms with Gasteiger partial charge in [0.05, 0.1) is 0 Å². The number of hydrogen-bond acceptors (Lipinski definition) is 2. The summed E-state index contributed by atoms with van der Waals surface area (Å²) < 4.78 is 0. The smallest absolute Gasteiger partial charge is 0.259 e. The molecule has 1 spiro atoms. The second-order valence-corrected chi connectivity index (χ2v) is 6.39. The quantitative estimate of drug-likeness (QED) is 0.855. The average molecular weight is 274 g/mol. The molecule has 20 heavy (non-hydrogen) atoms. The first-order valence-electron chi connectivity index (χ1n) is 7.58. The molecule has 0 radical (unpaired) electrons. The molecule has 1 aliphatic carbocycles. The van der Waals surface area contributed by atoms with Crippen LogP contribution in [0, 0.1) is 12.3 Å². The first kappa shape index (κ1) is 13.4. The van der Waals surface area contributed by atoms with Crippen LogP contribution in [0.4, 0.5) is 0 Å². The van der Waals surface area contributed by atoms with Gasteiger partial charge in [0, 0.05) is 31.0 Å². The van der Waals surface area contributed by atoms with Gasteiger partial charge in [-0.05, 0) is 38.0 Å². The Labute approximate surface area is 119 Å². The number of likely N-dealkylation sites (tertiary alicyclic amines) is 1. The Bertz CT molecular complexity index is 560. The Hall–Kier alpha value is -1.58. The van der Waals surface area contributed by atoms with E-state index in [4.69, 9.17) is 0 Å². The van der Waals surface area contributed by atoms with Gasteiger partial charge in [0.2, 0.25) is 0 Å². The highest BCUT2D eigenvalue weighted by molar-refractivity contribution is 5.93. The topological polar surface area (TPSA) is 53.2 Å². The number of amides is 1. The van der Waals surface area contributed by atoms with E-state index in [0.29, 0.717) is 5.41 Å². The second-order valence-electron chi connectivity index (χ2n) is 6.39. The summed E-state index contributed by atoms with van der Waals surface area (Å²) in [7, 11) is 0. The van der Waals surface area contributed by atoms with Crippen LogP contribution in [0.15, 0.2) is 17.1 Å². The Balaban J connectivity index is 1.71. The fourth-order valence-corrected chi connectivity index (χ4v) is 3.72. The van der Waals surface area contributed by atoms with Gasteiger partial charge in [-0.3, -0.25) is 9.59 Å². The van der Waals surface area contributed by atoms with Crippen molar-refractivity contribution < 1.29 is 4.79 Å². The maximum Gasteiger partial charge on any atom is 0.259 e. The maximum absolute atomic E-state index is 12.4. The number of pyridine rings is 1. The number of aromatic nitrogens is 1. The van der Waals surface area contributed by atoms with E-state index in [9.17, 15) is 9.59 Å². The number of aromatic amines is 1. The van der Waals surface area contributed by atoms with E-state index in [0.717, 1.165) is 31.6 Å². The maximum atomic E-state index is 12.4. The molecular formula is C16H22N2O2. The van der Waals surface area contributed by atoms with Gasteiger partial charge in [0.15, 0.2) is 5.43 Å². The predicted molar refractivity (Wildman–Crippen MR) is 77.8 cm³/mol. The molecule has 4 heteroatoms. The van der Waals surface area contributed by atoms with E-state index in [1.165, 1.54) is 31.7 Å². The van der Waals surface area contributed by atoms with E-state index in [1.54, 1.807) is 6.20 Å². The van der Waals surface area contributed by atoms with Crippen LogP contribution in [0.3, 0.4) is 0 Å². The Morgan fingerprint density at radius 3 is 2.45 bits per heavy atom. The molecule has 1 aromatic heterocycles. The lowest BCUT2D eigenvalue weighted by molar-refractivity contribution is 0.0586. The molecule has 4 nitrogen and oxygen atoms in total. The molecule has 1 saturated heterocycles. The van der Waals surface area contributed by atoms with Gasteiger partial charge in [0.1, 0.15) is 5.56 Å². The molecule has 1 amide bonds. The molecular weight excluding hydrogens is 252 g/mol. The SMILES string of the molecule is Cc1cc(=O)c(C(=O)N2CCC3(CCCC3)CC2)c[nH]1. The van der Waals surface area contributed by atoms with Gasteiger partial charge in [0.25, 0.3) is 5.91 Å². The fraction of sp³-hybridized carbons (Fsp3) is 0.625. The zero-order valence-electron chi connectivity index (χ0n) is 12.1. The number of H-pyrrole nitrogens is 1. The summed E-state index contributed by atoms with van der Waals surface area (Å²) in [6, 6.07) is 1.50. The first-order chi connectivity index (χ1) is 9.60. The minimum absolute atomic E-state index is 0.112. The summed E-state index contributed by atoms with van der Waals surface area (Å²) >= 11 is 0. The van der Waals surface area contributed by atoms with E-state index in [2.05, 4.69) is 4.98 Å².